The molecule has 2 N–H and O–H groups in total. The molecule has 2 aromatic carbocycles. The average Bonchev–Trinajstić information content (AvgIpc) is 0.936. The van der Waals surface area contributed by atoms with Gasteiger partial charge in [-0.25, -0.2) is 29.3 Å². The molecule has 0 fully saturated rings. The highest BCUT2D eigenvalue weighted by Gasteiger charge is 2.94. The third-order valence-electron chi connectivity index (χ3n) is 10.3. The Morgan fingerprint density at radius 3 is 0.953 bits per heavy atom. The van der Waals surface area contributed by atoms with Gasteiger partial charge in [0.1, 0.15) is 0 Å². The number of hydrogen-bond acceptors (Lipinski definition) is 21. The van der Waals surface area contributed by atoms with Gasteiger partial charge in [-0.3, -0.25) is 0 Å². The third kappa shape index (κ3) is 25.4. The summed E-state index contributed by atoms with van der Waals surface area (Å²) in [7, 11) is -18.6. The van der Waals surface area contributed by atoms with E-state index >= 15 is 0 Å². The molecule has 0 saturated carbocycles. The number of rotatable bonds is 37. The lowest BCUT2D eigenvalue weighted by molar-refractivity contribution is -0.376. The van der Waals surface area contributed by atoms with E-state index in [9.17, 15) is 53.5 Å². The lowest BCUT2D eigenvalue weighted by Crippen LogP contribution is -2.92. The van der Waals surface area contributed by atoms with Crippen LogP contribution in [0.3, 0.4) is 0 Å². The van der Waals surface area contributed by atoms with Crippen molar-refractivity contribution in [3.8, 4) is 0 Å². The zero-order valence-corrected chi connectivity index (χ0v) is 57.8. The van der Waals surface area contributed by atoms with Crippen LogP contribution in [0, 0.1) is 6.92 Å². The fourth-order valence-electron chi connectivity index (χ4n) is 6.97. The highest BCUT2D eigenvalue weighted by atomic mass is 30.2. The van der Waals surface area contributed by atoms with Crippen LogP contribution in [-0.2, 0) is 98.4 Å². The molecule has 0 aliphatic carbocycles. The SMILES string of the molecule is CCOOCC.CCOOCC.CCOO[Si](=O)[Si]([Si](=O)OOCC)([Si](OCC)(OCC)OCC)[Si](OCC)(OCC)OCC.CCO[Si](OCC)(OCC)c1cccc(C(C)(O)C(F)(F)F)c1.Cc1cccc(C(O)(C(F)(F)F)C(F)(F)F)c1. The molecule has 1 atom stereocenters. The van der Waals surface area contributed by atoms with Crippen molar-refractivity contribution >= 4 is 53.7 Å². The largest absolute Gasteiger partial charge is 0.537 e. The van der Waals surface area contributed by atoms with Crippen molar-refractivity contribution in [2.45, 2.75) is 147 Å². The summed E-state index contributed by atoms with van der Waals surface area (Å²) in [6, 6.07) is 9.10. The minimum absolute atomic E-state index is 0.0903. The zero-order valence-electron chi connectivity index (χ0n) is 51.8. The van der Waals surface area contributed by atoms with Crippen LogP contribution < -0.4 is 5.19 Å². The van der Waals surface area contributed by atoms with Gasteiger partial charge in [0.15, 0.2) is 5.60 Å². The van der Waals surface area contributed by atoms with Crippen LogP contribution >= 0.6 is 0 Å². The molecule has 2 rings (SSSR count). The van der Waals surface area contributed by atoms with Gasteiger partial charge in [-0.2, -0.15) is 39.5 Å². The van der Waals surface area contributed by atoms with Crippen molar-refractivity contribution in [2.75, 3.05) is 99.1 Å². The number of aliphatic hydroxyl groups is 2. The first kappa shape index (κ1) is 86.8. The second-order valence-corrected chi connectivity index (χ2v) is 49.8. The number of halogens is 9. The third-order valence-corrected chi connectivity index (χ3v) is 60.7. The molecular weight excluding hydrogens is 1260 g/mol. The van der Waals surface area contributed by atoms with Crippen LogP contribution in [0.5, 0.6) is 0 Å². The maximum Gasteiger partial charge on any atom is 0.537 e. The monoisotopic (exact) mass is 1350 g/mol. The highest BCUT2D eigenvalue weighted by molar-refractivity contribution is 7.94. The maximum absolute atomic E-state index is 14.1. The summed E-state index contributed by atoms with van der Waals surface area (Å²) in [5.41, 5.74) is -9.13. The summed E-state index contributed by atoms with van der Waals surface area (Å²) in [5, 5.41) is 19.3. The number of aryl methyl sites for hydroxylation is 1. The van der Waals surface area contributed by atoms with E-state index in [4.69, 9.17) is 63.9 Å². The molecule has 1 unspecified atom stereocenters. The summed E-state index contributed by atoms with van der Waals surface area (Å²) in [5.74, 6) is 0. The smallest absolute Gasteiger partial charge is 0.376 e. The molecule has 0 radical (unpaired) electrons. The number of benzene rings is 2. The second kappa shape index (κ2) is 44.2. The van der Waals surface area contributed by atoms with Crippen LogP contribution in [0.25, 0.3) is 0 Å². The Kier molecular flexibility index (Phi) is 45.1. The van der Waals surface area contributed by atoms with E-state index < -0.39 is 83.8 Å². The first-order valence-corrected chi connectivity index (χ1v) is 41.4. The molecule has 2 aromatic rings. The molecule has 0 amide bonds. The van der Waals surface area contributed by atoms with Crippen molar-refractivity contribution in [1.82, 2.24) is 0 Å². The van der Waals surface area contributed by atoms with Crippen LogP contribution in [-0.4, -0.2) is 176 Å². The molecule has 0 saturated heterocycles. The Labute approximate surface area is 500 Å². The minimum atomic E-state index is -5.83. The second-order valence-electron chi connectivity index (χ2n) is 16.2. The molecule has 0 aliphatic rings. The van der Waals surface area contributed by atoms with Crippen molar-refractivity contribution < 1.29 is 137 Å². The fourth-order valence-corrected chi connectivity index (χ4v) is 55.9. The molecule has 0 aliphatic heterocycles. The van der Waals surface area contributed by atoms with Crippen molar-refractivity contribution in [3.63, 3.8) is 0 Å². The highest BCUT2D eigenvalue weighted by Crippen LogP contribution is 2.50. The van der Waals surface area contributed by atoms with E-state index in [-0.39, 0.29) is 64.0 Å². The van der Waals surface area contributed by atoms with Crippen LogP contribution in [0.4, 0.5) is 39.5 Å². The summed E-state index contributed by atoms with van der Waals surface area (Å²) < 4.78 is 207. The van der Waals surface area contributed by atoms with Gasteiger partial charge in [0, 0.05) is 70.2 Å². The van der Waals surface area contributed by atoms with Gasteiger partial charge < -0.3 is 68.1 Å². The zero-order chi connectivity index (χ0) is 66.2. The molecule has 0 bridgehead atoms. The Morgan fingerprint density at radius 1 is 0.400 bits per heavy atom. The molecule has 0 spiro atoms. The Hall–Kier alpha value is -2.37. The normalized spacial score (nSPS) is 13.1. The van der Waals surface area contributed by atoms with E-state index in [0.717, 1.165) is 13.0 Å². The van der Waals surface area contributed by atoms with E-state index in [1.54, 1.807) is 82.2 Å². The Morgan fingerprint density at radius 2 is 0.694 bits per heavy atom. The van der Waals surface area contributed by atoms with Crippen molar-refractivity contribution in [1.29, 1.82) is 0 Å². The summed E-state index contributed by atoms with van der Waals surface area (Å²) >= 11 is 0. The van der Waals surface area contributed by atoms with Crippen molar-refractivity contribution in [2.24, 2.45) is 0 Å². The van der Waals surface area contributed by atoms with E-state index in [1.165, 1.54) is 31.2 Å². The summed E-state index contributed by atoms with van der Waals surface area (Å²) in [6.45, 7) is 32.8. The van der Waals surface area contributed by atoms with E-state index in [2.05, 4.69) is 19.6 Å². The van der Waals surface area contributed by atoms with Gasteiger partial charge in [-0.15, -0.1) is 0 Å². The Bertz CT molecular complexity index is 1940. The van der Waals surface area contributed by atoms with E-state index in [0.29, 0.717) is 63.6 Å². The topological polar surface area (TPSA) is 232 Å². The van der Waals surface area contributed by atoms with Gasteiger partial charge >= 0.3 is 67.0 Å². The summed E-state index contributed by atoms with van der Waals surface area (Å²) in [6.07, 6.45) is -20.9. The van der Waals surface area contributed by atoms with Crippen LogP contribution in [0.2, 0.25) is 0 Å². The first-order valence-electron chi connectivity index (χ1n) is 27.5. The fraction of sp³-hybridized carbons (Fsp3) is 0.755. The van der Waals surface area contributed by atoms with Gasteiger partial charge in [-0.05, 0) is 129 Å². The molecular formula is C49H91F9O21Si6. The number of alkyl halides is 9. The van der Waals surface area contributed by atoms with Gasteiger partial charge in [0.2, 0.25) is 0 Å². The summed E-state index contributed by atoms with van der Waals surface area (Å²) in [4.78, 5) is 28.1. The standard InChI is InChI=1S/C16H40O12Si5.C15H23F3O4Si.C10H8F6O.2C4H10O2/c1-9-19-27-29(17)33(30(18)28-20-10-2,31(21-11-3,22-12-4)23-13-5)32(24-14-6,25-15-7)26-16-8;1-5-20-23(21-6-2,22-7-3)13-10-8-9-12(11-13)14(4,19)15(16,17)18;1-6-3-2-4-7(5-6)8(17,9(11,12)13)10(14,15)16;2*1-3-5-6-4-2/h9-16H2,1-8H3;8-11,19H,5-7H2,1-4H3;2-5,17H,1H3;2*3-4H2,1-2H3. The van der Waals surface area contributed by atoms with Crippen molar-refractivity contribution in [3.05, 3.63) is 65.2 Å². The number of hydrogen-bond donors (Lipinski definition) is 2. The predicted octanol–water partition coefficient (Wildman–Crippen LogP) is 9.59. The van der Waals surface area contributed by atoms with Crippen LogP contribution in [0.1, 0.15) is 127 Å². The minimum Gasteiger partial charge on any atom is -0.376 e. The molecule has 85 heavy (non-hydrogen) atoms. The van der Waals surface area contributed by atoms with E-state index in [1.807, 2.05) is 27.7 Å². The molecule has 0 aromatic heterocycles. The predicted molar refractivity (Wildman–Crippen MR) is 301 cm³/mol. The maximum atomic E-state index is 14.1. The lowest BCUT2D eigenvalue weighted by Gasteiger charge is -2.44. The molecule has 500 valence electrons. The van der Waals surface area contributed by atoms with Gasteiger partial charge in [0.25, 0.3) is 5.60 Å². The van der Waals surface area contributed by atoms with Gasteiger partial charge in [-0.1, -0.05) is 48.0 Å². The lowest BCUT2D eigenvalue weighted by atomic mass is 9.91. The molecule has 21 nitrogen and oxygen atoms in total. The Balaban J connectivity index is -0.00000112. The van der Waals surface area contributed by atoms with Crippen LogP contribution in [0.15, 0.2) is 48.5 Å². The molecule has 0 heterocycles. The first-order chi connectivity index (χ1) is 39.8. The quantitative estimate of drug-likeness (QED) is 0.0211. The van der Waals surface area contributed by atoms with Gasteiger partial charge in [0.05, 0.1) is 39.6 Å². The molecule has 36 heteroatoms. The average molecular weight is 1360 g/mol.